The molecule has 3 aromatic carbocycles. The van der Waals surface area contributed by atoms with Gasteiger partial charge in [-0.2, -0.15) is 0 Å². The predicted octanol–water partition coefficient (Wildman–Crippen LogP) is 5.06. The summed E-state index contributed by atoms with van der Waals surface area (Å²) in [5.74, 6) is 1.05. The molecule has 2 heteroatoms. The van der Waals surface area contributed by atoms with Gasteiger partial charge in [-0.3, -0.25) is 0 Å². The second kappa shape index (κ2) is 5.73. The normalized spacial score (nSPS) is 11.0. The van der Waals surface area contributed by atoms with Gasteiger partial charge < -0.3 is 4.57 Å². The first-order valence-electron chi connectivity index (χ1n) is 7.87. The van der Waals surface area contributed by atoms with E-state index in [9.17, 15) is 0 Å². The molecule has 0 aliphatic rings. The molecule has 1 heterocycles. The molecule has 0 bridgehead atoms. The largest absolute Gasteiger partial charge is 0.324 e. The van der Waals surface area contributed by atoms with E-state index < -0.39 is 0 Å². The zero-order valence-corrected chi connectivity index (χ0v) is 13.1. The third-order valence-electron chi connectivity index (χ3n) is 4.22. The van der Waals surface area contributed by atoms with Crippen LogP contribution in [0.4, 0.5) is 0 Å². The molecule has 0 N–H and O–H groups in total. The highest BCUT2D eigenvalue weighted by atomic mass is 15.1. The van der Waals surface area contributed by atoms with Gasteiger partial charge in [0.1, 0.15) is 5.82 Å². The average Bonchev–Trinajstić information content (AvgIpc) is 2.92. The van der Waals surface area contributed by atoms with Gasteiger partial charge in [0, 0.05) is 6.54 Å². The quantitative estimate of drug-likeness (QED) is 0.517. The Balaban J connectivity index is 1.73. The maximum absolute atomic E-state index is 4.65. The highest BCUT2D eigenvalue weighted by molar-refractivity contribution is 5.76. The maximum atomic E-state index is 4.65. The maximum Gasteiger partial charge on any atom is 0.107 e. The molecule has 0 atom stereocenters. The molecule has 23 heavy (non-hydrogen) atoms. The topological polar surface area (TPSA) is 17.8 Å². The summed E-state index contributed by atoms with van der Waals surface area (Å²) in [6, 6.07) is 27.6. The molecular weight excluding hydrogens is 280 g/mol. The van der Waals surface area contributed by atoms with E-state index in [1.165, 1.54) is 22.2 Å². The van der Waals surface area contributed by atoms with Crippen molar-refractivity contribution in [2.45, 2.75) is 13.5 Å². The average molecular weight is 298 g/mol. The van der Waals surface area contributed by atoms with Crippen molar-refractivity contribution in [2.75, 3.05) is 0 Å². The van der Waals surface area contributed by atoms with Gasteiger partial charge in [0.15, 0.2) is 0 Å². The van der Waals surface area contributed by atoms with Crippen LogP contribution in [-0.4, -0.2) is 9.55 Å². The summed E-state index contributed by atoms with van der Waals surface area (Å²) in [6.45, 7) is 2.91. The summed E-state index contributed by atoms with van der Waals surface area (Å²) in [5.41, 5.74) is 6.05. The van der Waals surface area contributed by atoms with Gasteiger partial charge in [-0.05, 0) is 41.8 Å². The van der Waals surface area contributed by atoms with E-state index in [2.05, 4.69) is 83.2 Å². The highest BCUT2D eigenvalue weighted by Gasteiger charge is 2.07. The number of benzene rings is 3. The molecule has 2 nitrogen and oxygen atoms in total. The van der Waals surface area contributed by atoms with E-state index in [4.69, 9.17) is 0 Å². The highest BCUT2D eigenvalue weighted by Crippen LogP contribution is 2.22. The Morgan fingerprint density at radius 2 is 1.52 bits per heavy atom. The lowest BCUT2D eigenvalue weighted by atomic mass is 10.0. The van der Waals surface area contributed by atoms with Crippen LogP contribution >= 0.6 is 0 Å². The molecule has 0 amide bonds. The van der Waals surface area contributed by atoms with Crippen LogP contribution in [0.2, 0.25) is 0 Å². The molecule has 4 aromatic rings. The Labute approximate surface area is 136 Å². The Morgan fingerprint density at radius 1 is 0.783 bits per heavy atom. The minimum absolute atomic E-state index is 0.840. The number of para-hydroxylation sites is 2. The van der Waals surface area contributed by atoms with Gasteiger partial charge >= 0.3 is 0 Å². The van der Waals surface area contributed by atoms with Crippen LogP contribution in [0.5, 0.6) is 0 Å². The summed E-state index contributed by atoms with van der Waals surface area (Å²) >= 11 is 0. The van der Waals surface area contributed by atoms with E-state index in [-0.39, 0.29) is 0 Å². The Kier molecular flexibility index (Phi) is 3.43. The fourth-order valence-corrected chi connectivity index (χ4v) is 3.06. The molecule has 112 valence electrons. The van der Waals surface area contributed by atoms with E-state index >= 15 is 0 Å². The SMILES string of the molecule is Cc1nc2ccccc2n1Cc1cccc(-c2ccccc2)c1. The van der Waals surface area contributed by atoms with Crippen LogP contribution < -0.4 is 0 Å². The first-order valence-corrected chi connectivity index (χ1v) is 7.87. The standard InChI is InChI=1S/C21H18N2/c1-16-22-20-12-5-6-13-21(20)23(16)15-17-8-7-11-19(14-17)18-9-3-2-4-10-18/h2-14H,15H2,1H3. The van der Waals surface area contributed by atoms with E-state index in [1.807, 2.05) is 12.1 Å². The lowest BCUT2D eigenvalue weighted by Gasteiger charge is -2.09. The minimum atomic E-state index is 0.840. The summed E-state index contributed by atoms with van der Waals surface area (Å²) in [7, 11) is 0. The molecule has 0 aliphatic carbocycles. The third-order valence-corrected chi connectivity index (χ3v) is 4.22. The number of fused-ring (bicyclic) bond motifs is 1. The summed E-state index contributed by atoms with van der Waals surface area (Å²) < 4.78 is 2.28. The number of rotatable bonds is 3. The van der Waals surface area contributed by atoms with Crippen LogP contribution in [0.25, 0.3) is 22.2 Å². The Hall–Kier alpha value is -2.87. The molecule has 0 unspecified atom stereocenters. The molecular formula is C21H18N2. The molecule has 0 saturated heterocycles. The molecule has 0 spiro atoms. The van der Waals surface area contributed by atoms with Gasteiger partial charge in [0.2, 0.25) is 0 Å². The van der Waals surface area contributed by atoms with Crippen molar-refractivity contribution in [3.63, 3.8) is 0 Å². The van der Waals surface area contributed by atoms with Gasteiger partial charge in [0.25, 0.3) is 0 Å². The first kappa shape index (κ1) is 13.8. The molecule has 0 aliphatic heterocycles. The van der Waals surface area contributed by atoms with Crippen LogP contribution in [0.3, 0.4) is 0 Å². The Bertz CT molecular complexity index is 952. The van der Waals surface area contributed by atoms with Crippen LogP contribution in [0.15, 0.2) is 78.9 Å². The summed E-state index contributed by atoms with van der Waals surface area (Å²) in [5, 5.41) is 0. The summed E-state index contributed by atoms with van der Waals surface area (Å²) in [6.07, 6.45) is 0. The number of hydrogen-bond acceptors (Lipinski definition) is 1. The first-order chi connectivity index (χ1) is 11.3. The lowest BCUT2D eigenvalue weighted by molar-refractivity contribution is 0.786. The van der Waals surface area contributed by atoms with Crippen molar-refractivity contribution in [1.82, 2.24) is 9.55 Å². The van der Waals surface area contributed by atoms with E-state index in [0.29, 0.717) is 0 Å². The van der Waals surface area contributed by atoms with Crippen LogP contribution in [0.1, 0.15) is 11.4 Å². The molecule has 0 radical (unpaired) electrons. The number of nitrogens with zero attached hydrogens (tertiary/aromatic N) is 2. The fraction of sp³-hybridized carbons (Fsp3) is 0.0952. The summed E-state index contributed by atoms with van der Waals surface area (Å²) in [4.78, 5) is 4.65. The van der Waals surface area contributed by atoms with Crippen molar-refractivity contribution in [3.05, 3.63) is 90.3 Å². The smallest absolute Gasteiger partial charge is 0.107 e. The van der Waals surface area contributed by atoms with Crippen LogP contribution in [-0.2, 0) is 6.54 Å². The van der Waals surface area contributed by atoms with Crippen molar-refractivity contribution in [3.8, 4) is 11.1 Å². The number of hydrogen-bond donors (Lipinski definition) is 0. The van der Waals surface area contributed by atoms with Crippen molar-refractivity contribution in [2.24, 2.45) is 0 Å². The molecule has 4 rings (SSSR count). The van der Waals surface area contributed by atoms with Crippen molar-refractivity contribution < 1.29 is 0 Å². The molecule has 0 saturated carbocycles. The van der Waals surface area contributed by atoms with Crippen molar-refractivity contribution in [1.29, 1.82) is 0 Å². The zero-order chi connectivity index (χ0) is 15.6. The number of aryl methyl sites for hydroxylation is 1. The van der Waals surface area contributed by atoms with E-state index in [0.717, 1.165) is 17.9 Å². The minimum Gasteiger partial charge on any atom is -0.324 e. The van der Waals surface area contributed by atoms with Crippen LogP contribution in [0, 0.1) is 6.92 Å². The number of imidazole rings is 1. The lowest BCUT2D eigenvalue weighted by Crippen LogP contribution is -2.02. The molecule has 1 aromatic heterocycles. The van der Waals surface area contributed by atoms with E-state index in [1.54, 1.807) is 0 Å². The second-order valence-corrected chi connectivity index (χ2v) is 5.80. The monoisotopic (exact) mass is 298 g/mol. The van der Waals surface area contributed by atoms with Gasteiger partial charge in [-0.15, -0.1) is 0 Å². The van der Waals surface area contributed by atoms with Gasteiger partial charge in [0.05, 0.1) is 11.0 Å². The second-order valence-electron chi connectivity index (χ2n) is 5.80. The predicted molar refractivity (Wildman–Crippen MR) is 95.5 cm³/mol. The van der Waals surface area contributed by atoms with Gasteiger partial charge in [-0.1, -0.05) is 60.7 Å². The fourth-order valence-electron chi connectivity index (χ4n) is 3.06. The third kappa shape index (κ3) is 2.64. The zero-order valence-electron chi connectivity index (χ0n) is 13.1. The van der Waals surface area contributed by atoms with Gasteiger partial charge in [-0.25, -0.2) is 4.98 Å². The van der Waals surface area contributed by atoms with Crippen molar-refractivity contribution >= 4 is 11.0 Å². The Morgan fingerprint density at radius 3 is 2.39 bits per heavy atom. The molecule has 0 fully saturated rings. The number of aromatic nitrogens is 2.